The standard InChI is InChI=1S/C53H43N/c1-53(2)50-35-43(32-34-48(50)49-33-29-40-16-7-9-20-47(40)52(49)53)54(51-22-11-10-19-46(51)39-13-4-3-5-14-39)42-30-27-37(28-31-42)36-23-25-41(26-24-36)45-21-12-17-38-15-6-8-18-44(38)45/h3-5,7,9-14,16-17,19-35H,6,8,15,18H2,1-2H3. The third kappa shape index (κ3) is 5.38. The predicted octanol–water partition coefficient (Wildman–Crippen LogP) is 14.5. The van der Waals surface area contributed by atoms with Gasteiger partial charge in [0.2, 0.25) is 0 Å². The molecule has 0 heterocycles. The lowest BCUT2D eigenvalue weighted by Crippen LogP contribution is -2.17. The first-order chi connectivity index (χ1) is 26.5. The summed E-state index contributed by atoms with van der Waals surface area (Å²) in [4.78, 5) is 2.45. The Morgan fingerprint density at radius 1 is 0.444 bits per heavy atom. The second-order valence-electron chi connectivity index (χ2n) is 15.6. The molecule has 0 fully saturated rings. The molecule has 8 aromatic rings. The predicted molar refractivity (Wildman–Crippen MR) is 229 cm³/mol. The number of aryl methyl sites for hydroxylation is 1. The molecular weight excluding hydrogens is 651 g/mol. The van der Waals surface area contributed by atoms with Crippen molar-refractivity contribution in [2.24, 2.45) is 0 Å². The Morgan fingerprint density at radius 2 is 1.07 bits per heavy atom. The fraction of sp³-hybridized carbons (Fsp3) is 0.132. The summed E-state index contributed by atoms with van der Waals surface area (Å²) in [6, 6.07) is 65.3. The number of fused-ring (bicyclic) bond motifs is 6. The second-order valence-corrected chi connectivity index (χ2v) is 15.6. The van der Waals surface area contributed by atoms with Crippen molar-refractivity contribution in [3.63, 3.8) is 0 Å². The Labute approximate surface area is 319 Å². The number of rotatable bonds is 6. The van der Waals surface area contributed by atoms with Crippen LogP contribution in [0.5, 0.6) is 0 Å². The van der Waals surface area contributed by atoms with Crippen LogP contribution in [0.25, 0.3) is 55.3 Å². The summed E-state index contributed by atoms with van der Waals surface area (Å²) in [5.41, 5.74) is 19.4. The topological polar surface area (TPSA) is 3.24 Å². The minimum Gasteiger partial charge on any atom is -0.310 e. The molecular formula is C53H43N. The second kappa shape index (κ2) is 13.0. The Bertz CT molecular complexity index is 2660. The number of hydrogen-bond acceptors (Lipinski definition) is 1. The van der Waals surface area contributed by atoms with Gasteiger partial charge in [-0.2, -0.15) is 0 Å². The van der Waals surface area contributed by atoms with Gasteiger partial charge in [0.15, 0.2) is 0 Å². The maximum atomic E-state index is 2.45. The average Bonchev–Trinajstić information content (AvgIpc) is 3.47. The van der Waals surface area contributed by atoms with Crippen molar-refractivity contribution in [1.82, 2.24) is 0 Å². The van der Waals surface area contributed by atoms with Gasteiger partial charge < -0.3 is 4.90 Å². The van der Waals surface area contributed by atoms with E-state index in [1.807, 2.05) is 0 Å². The fourth-order valence-corrected chi connectivity index (χ4v) is 9.38. The van der Waals surface area contributed by atoms with Gasteiger partial charge >= 0.3 is 0 Å². The summed E-state index contributed by atoms with van der Waals surface area (Å²) in [6.45, 7) is 4.78. The van der Waals surface area contributed by atoms with E-state index in [0.29, 0.717) is 0 Å². The molecule has 0 spiro atoms. The van der Waals surface area contributed by atoms with Gasteiger partial charge in [-0.15, -0.1) is 0 Å². The minimum atomic E-state index is -0.152. The molecule has 0 unspecified atom stereocenters. The van der Waals surface area contributed by atoms with Crippen LogP contribution >= 0.6 is 0 Å². The van der Waals surface area contributed by atoms with E-state index in [9.17, 15) is 0 Å². The van der Waals surface area contributed by atoms with E-state index in [2.05, 4.69) is 195 Å². The molecule has 260 valence electrons. The van der Waals surface area contributed by atoms with Gasteiger partial charge in [-0.1, -0.05) is 159 Å². The largest absolute Gasteiger partial charge is 0.310 e. The zero-order valence-corrected chi connectivity index (χ0v) is 31.0. The highest BCUT2D eigenvalue weighted by molar-refractivity contribution is 5.98. The van der Waals surface area contributed by atoms with Crippen LogP contribution in [-0.4, -0.2) is 0 Å². The van der Waals surface area contributed by atoms with Crippen LogP contribution in [0.15, 0.2) is 176 Å². The number of benzene rings is 8. The molecule has 2 aliphatic rings. The van der Waals surface area contributed by atoms with Crippen LogP contribution in [0.2, 0.25) is 0 Å². The molecule has 0 aromatic heterocycles. The Balaban J connectivity index is 1.06. The zero-order chi connectivity index (χ0) is 36.2. The molecule has 2 aliphatic carbocycles. The molecule has 0 N–H and O–H groups in total. The van der Waals surface area contributed by atoms with Gasteiger partial charge in [0.05, 0.1) is 5.69 Å². The van der Waals surface area contributed by atoms with Crippen LogP contribution in [0.3, 0.4) is 0 Å². The number of nitrogens with zero attached hydrogens (tertiary/aromatic N) is 1. The highest BCUT2D eigenvalue weighted by Crippen LogP contribution is 2.53. The maximum absolute atomic E-state index is 2.45. The molecule has 0 bridgehead atoms. The molecule has 0 radical (unpaired) electrons. The lowest BCUT2D eigenvalue weighted by atomic mass is 9.80. The normalized spacial score (nSPS) is 14.0. The van der Waals surface area contributed by atoms with Crippen molar-refractivity contribution < 1.29 is 0 Å². The first-order valence-corrected chi connectivity index (χ1v) is 19.5. The molecule has 0 saturated carbocycles. The molecule has 1 nitrogen and oxygen atoms in total. The van der Waals surface area contributed by atoms with Crippen molar-refractivity contribution in [3.05, 3.63) is 198 Å². The van der Waals surface area contributed by atoms with E-state index >= 15 is 0 Å². The summed E-state index contributed by atoms with van der Waals surface area (Å²) in [6.07, 6.45) is 4.98. The molecule has 54 heavy (non-hydrogen) atoms. The van der Waals surface area contributed by atoms with Crippen molar-refractivity contribution in [1.29, 1.82) is 0 Å². The molecule has 0 amide bonds. The van der Waals surface area contributed by atoms with Crippen molar-refractivity contribution in [3.8, 4) is 44.5 Å². The number of para-hydroxylation sites is 1. The molecule has 1 heteroatoms. The molecule has 0 atom stereocenters. The van der Waals surface area contributed by atoms with Gasteiger partial charge in [-0.05, 0) is 128 Å². The Hall–Kier alpha value is -6.18. The lowest BCUT2D eigenvalue weighted by molar-refractivity contribution is 0.666. The number of anilines is 3. The van der Waals surface area contributed by atoms with Crippen LogP contribution in [0, 0.1) is 0 Å². The number of hydrogen-bond donors (Lipinski definition) is 0. The highest BCUT2D eigenvalue weighted by atomic mass is 15.1. The summed E-state index contributed by atoms with van der Waals surface area (Å²) in [5.74, 6) is 0. The highest BCUT2D eigenvalue weighted by Gasteiger charge is 2.37. The van der Waals surface area contributed by atoms with Gasteiger partial charge in [-0.3, -0.25) is 0 Å². The van der Waals surface area contributed by atoms with E-state index in [1.165, 1.54) is 97.7 Å². The molecule has 8 aromatic carbocycles. The van der Waals surface area contributed by atoms with Crippen LogP contribution < -0.4 is 4.90 Å². The fourth-order valence-electron chi connectivity index (χ4n) is 9.38. The van der Waals surface area contributed by atoms with E-state index in [1.54, 1.807) is 5.56 Å². The summed E-state index contributed by atoms with van der Waals surface area (Å²) < 4.78 is 0. The Morgan fingerprint density at radius 3 is 1.91 bits per heavy atom. The van der Waals surface area contributed by atoms with Gasteiger partial charge in [0.25, 0.3) is 0 Å². The maximum Gasteiger partial charge on any atom is 0.0540 e. The van der Waals surface area contributed by atoms with Crippen molar-refractivity contribution in [2.45, 2.75) is 44.9 Å². The third-order valence-electron chi connectivity index (χ3n) is 12.1. The van der Waals surface area contributed by atoms with Gasteiger partial charge in [0.1, 0.15) is 0 Å². The molecule has 10 rings (SSSR count). The quantitative estimate of drug-likeness (QED) is 0.168. The van der Waals surface area contributed by atoms with Crippen molar-refractivity contribution in [2.75, 3.05) is 4.90 Å². The minimum absolute atomic E-state index is 0.152. The summed E-state index contributed by atoms with van der Waals surface area (Å²) in [5, 5.41) is 2.64. The zero-order valence-electron chi connectivity index (χ0n) is 31.0. The van der Waals surface area contributed by atoms with E-state index < -0.39 is 0 Å². The molecule has 0 saturated heterocycles. The van der Waals surface area contributed by atoms with Crippen LogP contribution in [0.1, 0.15) is 48.9 Å². The van der Waals surface area contributed by atoms with E-state index in [0.717, 1.165) is 17.1 Å². The van der Waals surface area contributed by atoms with Gasteiger partial charge in [-0.25, -0.2) is 0 Å². The smallest absolute Gasteiger partial charge is 0.0540 e. The van der Waals surface area contributed by atoms with Crippen LogP contribution in [0.4, 0.5) is 17.1 Å². The SMILES string of the molecule is CC1(C)c2cc(N(c3ccc(-c4ccc(-c5cccc6c5CCCC6)cc4)cc3)c3ccccc3-c3ccccc3)ccc2-c2ccc3ccccc3c21. The summed E-state index contributed by atoms with van der Waals surface area (Å²) >= 11 is 0. The van der Waals surface area contributed by atoms with Gasteiger partial charge in [0, 0.05) is 22.4 Å². The summed E-state index contributed by atoms with van der Waals surface area (Å²) in [7, 11) is 0. The first kappa shape index (κ1) is 32.5. The molecule has 0 aliphatic heterocycles. The van der Waals surface area contributed by atoms with E-state index in [4.69, 9.17) is 0 Å². The third-order valence-corrected chi connectivity index (χ3v) is 12.1. The lowest BCUT2D eigenvalue weighted by Gasteiger charge is -2.30. The van der Waals surface area contributed by atoms with E-state index in [-0.39, 0.29) is 5.41 Å². The van der Waals surface area contributed by atoms with Crippen LogP contribution in [-0.2, 0) is 18.3 Å². The monoisotopic (exact) mass is 693 g/mol. The average molecular weight is 694 g/mol. The first-order valence-electron chi connectivity index (χ1n) is 19.5. The Kier molecular flexibility index (Phi) is 7.84. The van der Waals surface area contributed by atoms with Crippen molar-refractivity contribution >= 4 is 27.8 Å².